The zero-order chi connectivity index (χ0) is 9.10. The molecule has 2 aliphatic rings. The second-order valence-electron chi connectivity index (χ2n) is 4.68. The number of hydrogen-bond donors (Lipinski definition) is 1. The first-order valence-electron chi connectivity index (χ1n) is 5.84. The molecule has 2 nitrogen and oxygen atoms in total. The summed E-state index contributed by atoms with van der Waals surface area (Å²) in [6.07, 6.45) is 8.57. The summed E-state index contributed by atoms with van der Waals surface area (Å²) in [6.45, 7) is 3.51. The molecule has 1 saturated carbocycles. The van der Waals surface area contributed by atoms with Crippen molar-refractivity contribution in [2.45, 2.75) is 44.6 Å². The minimum atomic E-state index is 0.709. The largest absolute Gasteiger partial charge is 0.329 e. The lowest BCUT2D eigenvalue weighted by atomic mass is 10.1. The first-order chi connectivity index (χ1) is 6.40. The van der Waals surface area contributed by atoms with E-state index in [1.54, 1.807) is 0 Å². The number of nitrogens with zero attached hydrogens (tertiary/aromatic N) is 1. The van der Waals surface area contributed by atoms with Crippen molar-refractivity contribution in [2.24, 2.45) is 11.7 Å². The van der Waals surface area contributed by atoms with Gasteiger partial charge in [0, 0.05) is 19.1 Å². The highest BCUT2D eigenvalue weighted by Crippen LogP contribution is 2.28. The van der Waals surface area contributed by atoms with Crippen molar-refractivity contribution in [3.8, 4) is 0 Å². The van der Waals surface area contributed by atoms with Crippen LogP contribution in [0, 0.1) is 5.92 Å². The minimum absolute atomic E-state index is 0.709. The summed E-state index contributed by atoms with van der Waals surface area (Å²) in [5, 5.41) is 0. The van der Waals surface area contributed by atoms with Crippen LogP contribution in [0.25, 0.3) is 0 Å². The van der Waals surface area contributed by atoms with E-state index in [2.05, 4.69) is 4.90 Å². The predicted molar refractivity (Wildman–Crippen MR) is 55.6 cm³/mol. The Bertz CT molecular complexity index is 152. The Labute approximate surface area is 81.5 Å². The number of hydrogen-bond acceptors (Lipinski definition) is 2. The molecule has 2 fully saturated rings. The van der Waals surface area contributed by atoms with Gasteiger partial charge in [0.15, 0.2) is 0 Å². The second-order valence-corrected chi connectivity index (χ2v) is 4.68. The van der Waals surface area contributed by atoms with Gasteiger partial charge >= 0.3 is 0 Å². The van der Waals surface area contributed by atoms with Gasteiger partial charge in [-0.3, -0.25) is 4.90 Å². The Kier molecular flexibility index (Phi) is 3.23. The summed E-state index contributed by atoms with van der Waals surface area (Å²) in [6, 6.07) is 0.709. The Morgan fingerprint density at radius 2 is 1.85 bits per heavy atom. The summed E-state index contributed by atoms with van der Waals surface area (Å²) in [7, 11) is 0. The molecule has 1 aliphatic carbocycles. The molecule has 1 saturated heterocycles. The van der Waals surface area contributed by atoms with Crippen LogP contribution in [-0.4, -0.2) is 30.6 Å². The van der Waals surface area contributed by atoms with Gasteiger partial charge in [0.2, 0.25) is 0 Å². The lowest BCUT2D eigenvalue weighted by Gasteiger charge is -2.26. The van der Waals surface area contributed by atoms with Crippen molar-refractivity contribution in [1.82, 2.24) is 4.90 Å². The molecular formula is C11H22N2. The fourth-order valence-corrected chi connectivity index (χ4v) is 2.93. The standard InChI is InChI=1S/C11H22N2/c12-8-11-6-3-7-13(11)9-10-4-1-2-5-10/h10-11H,1-9,12H2/t11-/m0/s1. The average Bonchev–Trinajstić information content (AvgIpc) is 2.76. The molecule has 1 aliphatic heterocycles. The van der Waals surface area contributed by atoms with E-state index in [9.17, 15) is 0 Å². The molecule has 0 aromatic heterocycles. The minimum Gasteiger partial charge on any atom is -0.329 e. The molecule has 2 N–H and O–H groups in total. The maximum Gasteiger partial charge on any atom is 0.0219 e. The van der Waals surface area contributed by atoms with Crippen LogP contribution in [0.3, 0.4) is 0 Å². The van der Waals surface area contributed by atoms with Crippen LogP contribution in [0.5, 0.6) is 0 Å². The van der Waals surface area contributed by atoms with E-state index < -0.39 is 0 Å². The van der Waals surface area contributed by atoms with Gasteiger partial charge in [-0.2, -0.15) is 0 Å². The van der Waals surface area contributed by atoms with E-state index in [0.29, 0.717) is 6.04 Å². The summed E-state index contributed by atoms with van der Waals surface area (Å²) in [4.78, 5) is 2.63. The molecule has 0 aromatic rings. The third-order valence-corrected chi connectivity index (χ3v) is 3.74. The quantitative estimate of drug-likeness (QED) is 0.718. The lowest BCUT2D eigenvalue weighted by Crippen LogP contribution is -2.38. The molecule has 0 amide bonds. The number of likely N-dealkylation sites (tertiary alicyclic amines) is 1. The van der Waals surface area contributed by atoms with Gasteiger partial charge in [0.25, 0.3) is 0 Å². The van der Waals surface area contributed by atoms with Crippen LogP contribution >= 0.6 is 0 Å². The van der Waals surface area contributed by atoms with Gasteiger partial charge in [0.1, 0.15) is 0 Å². The molecule has 1 atom stereocenters. The Hall–Kier alpha value is -0.0800. The van der Waals surface area contributed by atoms with Crippen molar-refractivity contribution >= 4 is 0 Å². The van der Waals surface area contributed by atoms with E-state index in [1.165, 1.54) is 51.6 Å². The van der Waals surface area contributed by atoms with Crippen molar-refractivity contribution in [3.05, 3.63) is 0 Å². The lowest BCUT2D eigenvalue weighted by molar-refractivity contribution is 0.219. The maximum absolute atomic E-state index is 5.76. The monoisotopic (exact) mass is 182 g/mol. The first-order valence-corrected chi connectivity index (χ1v) is 5.84. The van der Waals surface area contributed by atoms with Crippen LogP contribution in [-0.2, 0) is 0 Å². The van der Waals surface area contributed by atoms with Crippen LogP contribution < -0.4 is 5.73 Å². The molecular weight excluding hydrogens is 160 g/mol. The highest BCUT2D eigenvalue weighted by atomic mass is 15.2. The van der Waals surface area contributed by atoms with Gasteiger partial charge in [-0.1, -0.05) is 12.8 Å². The zero-order valence-electron chi connectivity index (χ0n) is 8.54. The third kappa shape index (κ3) is 2.23. The van der Waals surface area contributed by atoms with Crippen molar-refractivity contribution in [1.29, 1.82) is 0 Å². The van der Waals surface area contributed by atoms with Crippen molar-refractivity contribution < 1.29 is 0 Å². The highest BCUT2D eigenvalue weighted by Gasteiger charge is 2.26. The molecule has 0 spiro atoms. The second kappa shape index (κ2) is 4.43. The van der Waals surface area contributed by atoms with Crippen LogP contribution in [0.2, 0.25) is 0 Å². The third-order valence-electron chi connectivity index (χ3n) is 3.74. The van der Waals surface area contributed by atoms with E-state index >= 15 is 0 Å². The van der Waals surface area contributed by atoms with Gasteiger partial charge in [0.05, 0.1) is 0 Å². The van der Waals surface area contributed by atoms with E-state index in [0.717, 1.165) is 12.5 Å². The smallest absolute Gasteiger partial charge is 0.0219 e. The van der Waals surface area contributed by atoms with Crippen LogP contribution in [0.4, 0.5) is 0 Å². The molecule has 0 aromatic carbocycles. The van der Waals surface area contributed by atoms with Gasteiger partial charge in [-0.25, -0.2) is 0 Å². The summed E-state index contributed by atoms with van der Waals surface area (Å²) in [5.41, 5.74) is 5.76. The molecule has 2 rings (SSSR count). The topological polar surface area (TPSA) is 29.3 Å². The number of nitrogens with two attached hydrogens (primary N) is 1. The van der Waals surface area contributed by atoms with Gasteiger partial charge < -0.3 is 5.73 Å². The van der Waals surface area contributed by atoms with E-state index in [-0.39, 0.29) is 0 Å². The molecule has 0 bridgehead atoms. The normalized spacial score (nSPS) is 31.6. The molecule has 13 heavy (non-hydrogen) atoms. The van der Waals surface area contributed by atoms with Crippen molar-refractivity contribution in [2.75, 3.05) is 19.6 Å². The fraction of sp³-hybridized carbons (Fsp3) is 1.00. The Balaban J connectivity index is 1.79. The Morgan fingerprint density at radius 3 is 2.54 bits per heavy atom. The summed E-state index contributed by atoms with van der Waals surface area (Å²) >= 11 is 0. The van der Waals surface area contributed by atoms with Gasteiger partial charge in [-0.05, 0) is 38.1 Å². The SMILES string of the molecule is NC[C@@H]1CCCN1CC1CCCC1. The molecule has 0 radical (unpaired) electrons. The average molecular weight is 182 g/mol. The Morgan fingerprint density at radius 1 is 1.08 bits per heavy atom. The van der Waals surface area contributed by atoms with Crippen LogP contribution in [0.1, 0.15) is 38.5 Å². The van der Waals surface area contributed by atoms with E-state index in [1.807, 2.05) is 0 Å². The first kappa shape index (κ1) is 9.47. The van der Waals surface area contributed by atoms with Crippen LogP contribution in [0.15, 0.2) is 0 Å². The van der Waals surface area contributed by atoms with E-state index in [4.69, 9.17) is 5.73 Å². The van der Waals surface area contributed by atoms with Crippen molar-refractivity contribution in [3.63, 3.8) is 0 Å². The zero-order valence-corrected chi connectivity index (χ0v) is 8.54. The number of rotatable bonds is 3. The maximum atomic E-state index is 5.76. The molecule has 1 heterocycles. The summed E-state index contributed by atoms with van der Waals surface area (Å²) in [5.74, 6) is 0.993. The highest BCUT2D eigenvalue weighted by molar-refractivity contribution is 4.82. The summed E-state index contributed by atoms with van der Waals surface area (Å²) < 4.78 is 0. The molecule has 0 unspecified atom stereocenters. The van der Waals surface area contributed by atoms with Gasteiger partial charge in [-0.15, -0.1) is 0 Å². The predicted octanol–water partition coefficient (Wildman–Crippen LogP) is 1.60. The fourth-order valence-electron chi connectivity index (χ4n) is 2.93. The molecule has 2 heteroatoms. The molecule has 76 valence electrons.